The molecule has 1 aliphatic heterocycles. The fraction of sp³-hybridized carbons (Fsp3) is 0.444. The van der Waals surface area contributed by atoms with Gasteiger partial charge in [0.1, 0.15) is 0 Å². The minimum Gasteiger partial charge on any atom is -0.383 e. The first-order chi connectivity index (χ1) is 14.0. The fourth-order valence-corrected chi connectivity index (χ4v) is 4.72. The van der Waals surface area contributed by atoms with Crippen molar-refractivity contribution >= 4 is 56.4 Å². The van der Waals surface area contributed by atoms with E-state index in [1.165, 1.54) is 7.11 Å². The molecule has 0 spiro atoms. The van der Waals surface area contributed by atoms with Crippen LogP contribution in [0.15, 0.2) is 45.7 Å². The molecule has 0 bridgehead atoms. The summed E-state index contributed by atoms with van der Waals surface area (Å²) in [6, 6.07) is 6.72. The number of nitrogens with two attached hydrogens (primary N) is 1. The highest BCUT2D eigenvalue weighted by Gasteiger charge is 2.20. The largest absolute Gasteiger partial charge is 0.383 e. The molecular weight excluding hydrogens is 539 g/mol. The van der Waals surface area contributed by atoms with Gasteiger partial charge in [0.15, 0.2) is 11.1 Å². The van der Waals surface area contributed by atoms with E-state index in [0.717, 1.165) is 36.9 Å². The van der Waals surface area contributed by atoms with Crippen LogP contribution in [0, 0.1) is 0 Å². The summed E-state index contributed by atoms with van der Waals surface area (Å²) in [6.07, 6.45) is 1.81. The molecule has 0 aliphatic carbocycles. The predicted octanol–water partition coefficient (Wildman–Crippen LogP) is 1.32. The number of aliphatic imine (C=N–C) groups is 1. The molecule has 0 saturated carbocycles. The van der Waals surface area contributed by atoms with E-state index >= 15 is 0 Å². The molecule has 12 heteroatoms. The molecule has 9 nitrogen and oxygen atoms in total. The van der Waals surface area contributed by atoms with Crippen LogP contribution < -0.4 is 15.4 Å². The Morgan fingerprint density at radius 3 is 2.77 bits per heavy atom. The summed E-state index contributed by atoms with van der Waals surface area (Å²) < 4.78 is 32.0. The molecule has 2 heterocycles. The number of piperazine rings is 1. The van der Waals surface area contributed by atoms with Gasteiger partial charge in [0.2, 0.25) is 10.0 Å². The minimum absolute atomic E-state index is 0. The summed E-state index contributed by atoms with van der Waals surface area (Å²) in [5.41, 5.74) is 6.95. The third kappa shape index (κ3) is 6.77. The zero-order valence-electron chi connectivity index (χ0n) is 16.7. The Bertz CT molecular complexity index is 916. The van der Waals surface area contributed by atoms with Gasteiger partial charge in [-0.15, -0.1) is 35.3 Å². The van der Waals surface area contributed by atoms with Crippen molar-refractivity contribution in [2.24, 2.45) is 10.7 Å². The van der Waals surface area contributed by atoms with Crippen molar-refractivity contribution < 1.29 is 13.2 Å². The van der Waals surface area contributed by atoms with Crippen molar-refractivity contribution in [2.75, 3.05) is 51.3 Å². The molecule has 0 radical (unpaired) electrons. The lowest BCUT2D eigenvalue weighted by Crippen LogP contribution is -2.51. The number of guanidine groups is 1. The van der Waals surface area contributed by atoms with Gasteiger partial charge in [0, 0.05) is 51.4 Å². The Balaban J connectivity index is 0.00000320. The van der Waals surface area contributed by atoms with Gasteiger partial charge in [-0.2, -0.15) is 0 Å². The second kappa shape index (κ2) is 11.8. The van der Waals surface area contributed by atoms with E-state index in [1.54, 1.807) is 29.5 Å². The lowest BCUT2D eigenvalue weighted by molar-refractivity contribution is 0.204. The van der Waals surface area contributed by atoms with E-state index in [9.17, 15) is 8.42 Å². The third-order valence-corrected chi connectivity index (χ3v) is 6.82. The number of methoxy groups -OCH3 is 1. The summed E-state index contributed by atoms with van der Waals surface area (Å²) in [5.74, 6) is 0.468. The molecule has 0 unspecified atom stereocenters. The number of thiazole rings is 1. The van der Waals surface area contributed by atoms with Crippen LogP contribution in [-0.4, -0.2) is 70.7 Å². The average molecular weight is 566 g/mol. The average Bonchev–Trinajstić information content (AvgIpc) is 3.27. The Morgan fingerprint density at radius 2 is 2.10 bits per heavy atom. The number of anilines is 1. The quantitative estimate of drug-likeness (QED) is 0.215. The van der Waals surface area contributed by atoms with E-state index in [-0.39, 0.29) is 35.4 Å². The maximum atomic E-state index is 12.3. The standard InChI is InChI=1S/C18H26N6O3S2.HI/c1-27-11-5-22-29(25,26)16-4-2-3-15(13-16)14-21-17(19)23-7-9-24(10-8-23)18-20-6-12-28-18;/h2-4,6,12-13,22H,5,7-11,14H2,1H3,(H2,19,21);1H. The normalized spacial score (nSPS) is 15.2. The molecule has 1 fully saturated rings. The van der Waals surface area contributed by atoms with Crippen LogP contribution in [0.1, 0.15) is 5.56 Å². The number of hydrogen-bond donors (Lipinski definition) is 2. The topological polar surface area (TPSA) is 113 Å². The number of hydrogen-bond acceptors (Lipinski definition) is 7. The van der Waals surface area contributed by atoms with Crippen LogP contribution in [0.3, 0.4) is 0 Å². The maximum absolute atomic E-state index is 12.3. The smallest absolute Gasteiger partial charge is 0.240 e. The monoisotopic (exact) mass is 566 g/mol. The zero-order chi connectivity index (χ0) is 20.7. The Labute approximate surface area is 198 Å². The Hall–Kier alpha value is -1.48. The van der Waals surface area contributed by atoms with Crippen molar-refractivity contribution in [3.8, 4) is 0 Å². The van der Waals surface area contributed by atoms with Crippen molar-refractivity contribution in [1.82, 2.24) is 14.6 Å². The summed E-state index contributed by atoms with van der Waals surface area (Å²) in [6.45, 7) is 4.07. The van der Waals surface area contributed by atoms with Crippen LogP contribution in [-0.2, 0) is 21.3 Å². The van der Waals surface area contributed by atoms with E-state index in [2.05, 4.69) is 19.6 Å². The summed E-state index contributed by atoms with van der Waals surface area (Å²) >= 11 is 1.63. The molecule has 0 amide bonds. The van der Waals surface area contributed by atoms with Crippen LogP contribution in [0.2, 0.25) is 0 Å². The minimum atomic E-state index is -3.57. The molecule has 3 rings (SSSR count). The zero-order valence-corrected chi connectivity index (χ0v) is 20.7. The number of nitrogens with one attached hydrogen (secondary N) is 1. The molecule has 1 saturated heterocycles. The van der Waals surface area contributed by atoms with Crippen molar-refractivity contribution in [3.63, 3.8) is 0 Å². The number of nitrogens with zero attached hydrogens (tertiary/aromatic N) is 4. The molecule has 1 aromatic heterocycles. The molecular formula is C18H27IN6O3S2. The molecule has 3 N–H and O–H groups in total. The maximum Gasteiger partial charge on any atom is 0.240 e. The lowest BCUT2D eigenvalue weighted by Gasteiger charge is -2.35. The molecule has 1 aromatic carbocycles. The van der Waals surface area contributed by atoms with Gasteiger partial charge < -0.3 is 20.3 Å². The highest BCUT2D eigenvalue weighted by Crippen LogP contribution is 2.19. The molecule has 1 aliphatic rings. The van der Waals surface area contributed by atoms with Crippen LogP contribution in [0.5, 0.6) is 0 Å². The van der Waals surface area contributed by atoms with Crippen molar-refractivity contribution in [3.05, 3.63) is 41.4 Å². The van der Waals surface area contributed by atoms with E-state index in [0.29, 0.717) is 19.1 Å². The van der Waals surface area contributed by atoms with E-state index in [1.807, 2.05) is 22.5 Å². The second-order valence-corrected chi connectivity index (χ2v) is 9.14. The number of benzene rings is 1. The molecule has 0 atom stereocenters. The van der Waals surface area contributed by atoms with Gasteiger partial charge in [-0.05, 0) is 17.7 Å². The first kappa shape index (κ1) is 24.8. The number of halogens is 1. The van der Waals surface area contributed by atoms with Crippen LogP contribution in [0.4, 0.5) is 5.13 Å². The fourth-order valence-electron chi connectivity index (χ4n) is 2.94. The van der Waals surface area contributed by atoms with Gasteiger partial charge in [0.25, 0.3) is 0 Å². The lowest BCUT2D eigenvalue weighted by atomic mass is 10.2. The molecule has 2 aromatic rings. The summed E-state index contributed by atoms with van der Waals surface area (Å²) in [5, 5.41) is 3.00. The van der Waals surface area contributed by atoms with Gasteiger partial charge in [0.05, 0.1) is 18.0 Å². The highest BCUT2D eigenvalue weighted by atomic mass is 127. The number of sulfonamides is 1. The van der Waals surface area contributed by atoms with Crippen LogP contribution in [0.25, 0.3) is 0 Å². The van der Waals surface area contributed by atoms with Crippen molar-refractivity contribution in [1.29, 1.82) is 0 Å². The Kier molecular flexibility index (Phi) is 9.74. The van der Waals surface area contributed by atoms with Gasteiger partial charge in [-0.25, -0.2) is 23.1 Å². The second-order valence-electron chi connectivity index (χ2n) is 6.50. The molecule has 166 valence electrons. The number of aromatic nitrogens is 1. The first-order valence-electron chi connectivity index (χ1n) is 9.26. The van der Waals surface area contributed by atoms with Gasteiger partial charge >= 0.3 is 0 Å². The predicted molar refractivity (Wildman–Crippen MR) is 130 cm³/mol. The molecule has 30 heavy (non-hydrogen) atoms. The first-order valence-corrected chi connectivity index (χ1v) is 11.6. The van der Waals surface area contributed by atoms with Gasteiger partial charge in [-0.1, -0.05) is 12.1 Å². The van der Waals surface area contributed by atoms with E-state index in [4.69, 9.17) is 10.5 Å². The third-order valence-electron chi connectivity index (χ3n) is 4.52. The highest BCUT2D eigenvalue weighted by molar-refractivity contribution is 14.0. The summed E-state index contributed by atoms with van der Waals surface area (Å²) in [4.78, 5) is 13.3. The SMILES string of the molecule is COCCNS(=O)(=O)c1cccc(CN=C(N)N2CCN(c3nccs3)CC2)c1.I. The van der Waals surface area contributed by atoms with E-state index < -0.39 is 10.0 Å². The number of rotatable bonds is 8. The summed E-state index contributed by atoms with van der Waals surface area (Å²) in [7, 11) is -2.05. The van der Waals surface area contributed by atoms with Crippen LogP contribution >= 0.6 is 35.3 Å². The number of ether oxygens (including phenoxy) is 1. The van der Waals surface area contributed by atoms with Crippen molar-refractivity contribution in [2.45, 2.75) is 11.4 Å². The Morgan fingerprint density at radius 1 is 1.33 bits per heavy atom. The van der Waals surface area contributed by atoms with Gasteiger partial charge in [-0.3, -0.25) is 0 Å².